The van der Waals surface area contributed by atoms with Gasteiger partial charge >= 0.3 is 0 Å². The molecule has 1 atom stereocenters. The quantitative estimate of drug-likeness (QED) is 0.524. The van der Waals surface area contributed by atoms with E-state index in [1.165, 1.54) is 5.56 Å². The van der Waals surface area contributed by atoms with Crippen molar-refractivity contribution in [2.24, 2.45) is 16.6 Å². The number of amides is 1. The number of aliphatic imine (C=N–C) groups is 1. The van der Waals surface area contributed by atoms with Gasteiger partial charge in [0.2, 0.25) is 5.91 Å². The number of aromatic amines is 1. The lowest BCUT2D eigenvalue weighted by molar-refractivity contribution is -0.119. The van der Waals surface area contributed by atoms with Crippen molar-refractivity contribution in [3.05, 3.63) is 35.0 Å². The van der Waals surface area contributed by atoms with Crippen LogP contribution in [0.4, 0.5) is 0 Å². The highest BCUT2D eigenvalue weighted by atomic mass is 35.5. The lowest BCUT2D eigenvalue weighted by atomic mass is 9.95. The molecule has 6 nitrogen and oxygen atoms in total. The minimum atomic E-state index is -0.221. The van der Waals surface area contributed by atoms with Crippen LogP contribution in [0.25, 0.3) is 10.9 Å². The normalized spacial score (nSPS) is 18.1. The van der Waals surface area contributed by atoms with Gasteiger partial charge in [-0.3, -0.25) is 9.79 Å². The molecule has 0 saturated carbocycles. The maximum absolute atomic E-state index is 11.2. The molecule has 1 aromatic heterocycles. The Hall–Kier alpha value is -2.21. The lowest BCUT2D eigenvalue weighted by Crippen LogP contribution is -2.47. The largest absolute Gasteiger partial charge is 0.370 e. The van der Waals surface area contributed by atoms with Crippen molar-refractivity contribution in [3.63, 3.8) is 0 Å². The molecule has 1 aromatic carbocycles. The third-order valence-electron chi connectivity index (χ3n) is 5.02. The van der Waals surface area contributed by atoms with Crippen molar-refractivity contribution >= 4 is 34.4 Å². The second kappa shape index (κ2) is 9.13. The Morgan fingerprint density at radius 3 is 3.11 bits per heavy atom. The number of benzene rings is 1. The molecular formula is C20H28ClN5O. The molecule has 1 aliphatic rings. The minimum Gasteiger partial charge on any atom is -0.370 e. The van der Waals surface area contributed by atoms with Gasteiger partial charge in [0.1, 0.15) is 0 Å². The highest BCUT2D eigenvalue weighted by Gasteiger charge is 2.23. The van der Waals surface area contributed by atoms with Crippen LogP contribution in [0.3, 0.4) is 0 Å². The van der Waals surface area contributed by atoms with Crippen LogP contribution in [-0.4, -0.2) is 47.9 Å². The third-order valence-corrected chi connectivity index (χ3v) is 5.25. The zero-order chi connectivity index (χ0) is 19.2. The number of likely N-dealkylation sites (tertiary alicyclic amines) is 1. The Bertz CT molecular complexity index is 816. The molecule has 0 aliphatic carbocycles. The topological polar surface area (TPSA) is 86.5 Å². The van der Waals surface area contributed by atoms with Gasteiger partial charge in [-0.25, -0.2) is 0 Å². The average molecular weight is 390 g/mol. The maximum Gasteiger partial charge on any atom is 0.217 e. The molecule has 1 saturated heterocycles. The minimum absolute atomic E-state index is 0.221. The molecule has 7 heteroatoms. The predicted octanol–water partition coefficient (Wildman–Crippen LogP) is 2.92. The van der Waals surface area contributed by atoms with Crippen molar-refractivity contribution in [1.82, 2.24) is 15.2 Å². The molecular weight excluding hydrogens is 362 g/mol. The number of carbonyl (C=O) groups excluding carboxylic acids is 1. The number of nitrogens with one attached hydrogen (secondary N) is 2. The summed E-state index contributed by atoms with van der Waals surface area (Å²) in [5, 5.41) is 5.28. The molecule has 0 bridgehead atoms. The molecule has 2 heterocycles. The first-order valence-electron chi connectivity index (χ1n) is 9.64. The summed E-state index contributed by atoms with van der Waals surface area (Å²) in [6, 6.07) is 5.89. The van der Waals surface area contributed by atoms with E-state index >= 15 is 0 Å². The van der Waals surface area contributed by atoms with E-state index in [9.17, 15) is 4.79 Å². The number of primary amides is 1. The number of nitrogens with two attached hydrogens (primary N) is 1. The number of hydrogen-bond acceptors (Lipinski definition) is 2. The standard InChI is InChI=1S/C20H28ClN5O/c1-2-23-20(26-9-3-4-14(13-26)10-19(22)27)24-8-7-15-12-25-18-6-5-16(21)11-17(15)18/h5-6,11-12,14,25H,2-4,7-10,13H2,1H3,(H2,22,27)(H,23,24). The summed E-state index contributed by atoms with van der Waals surface area (Å²) in [6.45, 7) is 5.38. The zero-order valence-electron chi connectivity index (χ0n) is 15.8. The summed E-state index contributed by atoms with van der Waals surface area (Å²) in [5.74, 6) is 1.02. The first-order valence-corrected chi connectivity index (χ1v) is 10.0. The number of fused-ring (bicyclic) bond motifs is 1. The second-order valence-corrected chi connectivity index (χ2v) is 7.55. The van der Waals surface area contributed by atoms with Crippen molar-refractivity contribution in [2.45, 2.75) is 32.6 Å². The number of halogens is 1. The highest BCUT2D eigenvalue weighted by Crippen LogP contribution is 2.23. The van der Waals surface area contributed by atoms with E-state index < -0.39 is 0 Å². The van der Waals surface area contributed by atoms with Crippen LogP contribution in [0.15, 0.2) is 29.4 Å². The summed E-state index contributed by atoms with van der Waals surface area (Å²) in [6.07, 6.45) is 5.44. The maximum atomic E-state index is 11.2. The molecule has 3 rings (SSSR count). The molecule has 1 aliphatic heterocycles. The summed E-state index contributed by atoms with van der Waals surface area (Å²) >= 11 is 6.13. The van der Waals surface area contributed by atoms with Gasteiger partial charge in [0.25, 0.3) is 0 Å². The van der Waals surface area contributed by atoms with E-state index in [0.29, 0.717) is 18.9 Å². The van der Waals surface area contributed by atoms with Gasteiger partial charge in [0.15, 0.2) is 5.96 Å². The Labute approximate surface area is 165 Å². The molecule has 1 unspecified atom stereocenters. The van der Waals surface area contributed by atoms with Crippen molar-refractivity contribution < 1.29 is 4.79 Å². The first kappa shape index (κ1) is 19.5. The van der Waals surface area contributed by atoms with Crippen LogP contribution in [-0.2, 0) is 11.2 Å². The average Bonchev–Trinajstić information content (AvgIpc) is 3.03. The van der Waals surface area contributed by atoms with Crippen LogP contribution < -0.4 is 11.1 Å². The van der Waals surface area contributed by atoms with Gasteiger partial charge in [-0.1, -0.05) is 11.6 Å². The smallest absolute Gasteiger partial charge is 0.217 e. The number of hydrogen-bond donors (Lipinski definition) is 3. The van der Waals surface area contributed by atoms with Gasteiger partial charge in [-0.2, -0.15) is 0 Å². The van der Waals surface area contributed by atoms with Gasteiger partial charge < -0.3 is 20.9 Å². The third kappa shape index (κ3) is 5.16. The van der Waals surface area contributed by atoms with Crippen molar-refractivity contribution in [3.8, 4) is 0 Å². The van der Waals surface area contributed by atoms with Crippen molar-refractivity contribution in [1.29, 1.82) is 0 Å². The summed E-state index contributed by atoms with van der Waals surface area (Å²) in [4.78, 5) is 21.6. The van der Waals surface area contributed by atoms with Crippen LogP contribution in [0.5, 0.6) is 0 Å². The number of aromatic nitrogens is 1. The van der Waals surface area contributed by atoms with E-state index in [-0.39, 0.29) is 5.91 Å². The van der Waals surface area contributed by atoms with Crippen molar-refractivity contribution in [2.75, 3.05) is 26.2 Å². The fourth-order valence-electron chi connectivity index (χ4n) is 3.77. The fourth-order valence-corrected chi connectivity index (χ4v) is 3.95. The number of piperidine rings is 1. The van der Waals surface area contributed by atoms with E-state index in [4.69, 9.17) is 22.3 Å². The Morgan fingerprint density at radius 1 is 1.48 bits per heavy atom. The SMILES string of the molecule is CCNC(=NCCc1c[nH]c2ccc(Cl)cc12)N1CCCC(CC(N)=O)C1. The molecule has 2 aromatic rings. The van der Waals surface area contributed by atoms with Gasteiger partial charge in [0, 0.05) is 54.7 Å². The molecule has 27 heavy (non-hydrogen) atoms. The molecule has 4 N–H and O–H groups in total. The Balaban J connectivity index is 1.66. The molecule has 1 fully saturated rings. The summed E-state index contributed by atoms with van der Waals surface area (Å²) in [5.41, 5.74) is 7.69. The Morgan fingerprint density at radius 2 is 2.33 bits per heavy atom. The van der Waals surface area contributed by atoms with E-state index in [1.807, 2.05) is 24.4 Å². The number of H-pyrrole nitrogens is 1. The highest BCUT2D eigenvalue weighted by molar-refractivity contribution is 6.31. The molecule has 0 spiro atoms. The summed E-state index contributed by atoms with van der Waals surface area (Å²) < 4.78 is 0. The molecule has 1 amide bonds. The van der Waals surface area contributed by atoms with Gasteiger partial charge in [-0.05, 0) is 55.9 Å². The summed E-state index contributed by atoms with van der Waals surface area (Å²) in [7, 11) is 0. The molecule has 146 valence electrons. The fraction of sp³-hybridized carbons (Fsp3) is 0.500. The van der Waals surface area contributed by atoms with E-state index in [2.05, 4.69) is 22.1 Å². The molecule has 0 radical (unpaired) electrons. The number of guanidine groups is 1. The number of rotatable bonds is 6. The lowest BCUT2D eigenvalue weighted by Gasteiger charge is -2.34. The Kier molecular flexibility index (Phi) is 6.61. The van der Waals surface area contributed by atoms with Crippen LogP contribution in [0.1, 0.15) is 31.7 Å². The van der Waals surface area contributed by atoms with E-state index in [0.717, 1.165) is 60.8 Å². The van der Waals surface area contributed by atoms with Crippen LogP contribution >= 0.6 is 11.6 Å². The second-order valence-electron chi connectivity index (χ2n) is 7.11. The van der Waals surface area contributed by atoms with Crippen LogP contribution in [0, 0.1) is 5.92 Å². The monoisotopic (exact) mass is 389 g/mol. The predicted molar refractivity (Wildman–Crippen MR) is 111 cm³/mol. The zero-order valence-corrected chi connectivity index (χ0v) is 16.6. The van der Waals surface area contributed by atoms with E-state index in [1.54, 1.807) is 0 Å². The number of nitrogens with zero attached hydrogens (tertiary/aromatic N) is 2. The van der Waals surface area contributed by atoms with Crippen LogP contribution in [0.2, 0.25) is 5.02 Å². The van der Waals surface area contributed by atoms with Gasteiger partial charge in [-0.15, -0.1) is 0 Å². The first-order chi connectivity index (χ1) is 13.1. The van der Waals surface area contributed by atoms with Gasteiger partial charge in [0.05, 0.1) is 0 Å². The number of carbonyl (C=O) groups is 1.